The Morgan fingerprint density at radius 1 is 1.50 bits per heavy atom. The van der Waals surface area contributed by atoms with Gasteiger partial charge < -0.3 is 0 Å². The molecule has 1 aromatic heterocycles. The van der Waals surface area contributed by atoms with Crippen LogP contribution in [0.25, 0.3) is 0 Å². The summed E-state index contributed by atoms with van der Waals surface area (Å²) in [7, 11) is -3.49. The van der Waals surface area contributed by atoms with Gasteiger partial charge in [-0.25, -0.2) is 13.1 Å². The van der Waals surface area contributed by atoms with Crippen molar-refractivity contribution in [2.75, 3.05) is 5.88 Å². The van der Waals surface area contributed by atoms with E-state index in [0.29, 0.717) is 21.0 Å². The minimum Gasteiger partial charge on any atom is -0.207 e. The summed E-state index contributed by atoms with van der Waals surface area (Å²) in [6.07, 6.45) is 0.604. The Labute approximate surface area is 126 Å². The SMILES string of the molecule is CC(C)(C)C(CCCl)NS(=O)(=O)c1sccc1Br. The van der Waals surface area contributed by atoms with Gasteiger partial charge in [0.15, 0.2) is 0 Å². The summed E-state index contributed by atoms with van der Waals surface area (Å²) in [4.78, 5) is 0. The minimum absolute atomic E-state index is 0.175. The maximum Gasteiger partial charge on any atom is 0.251 e. The molecule has 0 spiro atoms. The summed E-state index contributed by atoms with van der Waals surface area (Å²) in [5, 5.41) is 1.74. The first-order valence-corrected chi connectivity index (χ1v) is 9.19. The maximum absolute atomic E-state index is 12.3. The van der Waals surface area contributed by atoms with E-state index in [1.807, 2.05) is 20.8 Å². The minimum atomic E-state index is -3.49. The zero-order chi connectivity index (χ0) is 14.0. The molecule has 3 nitrogen and oxygen atoms in total. The molecule has 0 fully saturated rings. The molecule has 18 heavy (non-hydrogen) atoms. The molecule has 0 saturated carbocycles. The van der Waals surface area contributed by atoms with E-state index in [4.69, 9.17) is 11.6 Å². The monoisotopic (exact) mass is 373 g/mol. The molecule has 0 aliphatic rings. The standard InChI is InChI=1S/C11H17BrClNO2S2/c1-11(2,3)9(4-6-13)14-18(15,16)10-8(12)5-7-17-10/h5,7,9,14H,4,6H2,1-3H3. The zero-order valence-electron chi connectivity index (χ0n) is 10.5. The number of rotatable bonds is 5. The van der Waals surface area contributed by atoms with Crippen LogP contribution in [-0.2, 0) is 10.0 Å². The van der Waals surface area contributed by atoms with Gasteiger partial charge in [-0.1, -0.05) is 20.8 Å². The molecule has 0 aromatic carbocycles. The summed E-state index contributed by atoms with van der Waals surface area (Å²) in [5.74, 6) is 0.427. The van der Waals surface area contributed by atoms with Gasteiger partial charge in [0, 0.05) is 16.4 Å². The van der Waals surface area contributed by atoms with Crippen LogP contribution >= 0.6 is 38.9 Å². The first-order valence-electron chi connectivity index (χ1n) is 5.50. The van der Waals surface area contributed by atoms with Crippen molar-refractivity contribution in [2.24, 2.45) is 5.41 Å². The van der Waals surface area contributed by atoms with Gasteiger partial charge in [-0.3, -0.25) is 0 Å². The van der Waals surface area contributed by atoms with Crippen molar-refractivity contribution in [3.8, 4) is 0 Å². The van der Waals surface area contributed by atoms with E-state index in [2.05, 4.69) is 20.7 Å². The molecule has 7 heteroatoms. The number of alkyl halides is 1. The molecule has 0 radical (unpaired) electrons. The third-order valence-corrected chi connectivity index (χ3v) is 6.93. The Morgan fingerprint density at radius 3 is 2.50 bits per heavy atom. The average molecular weight is 375 g/mol. The van der Waals surface area contributed by atoms with E-state index < -0.39 is 10.0 Å². The maximum atomic E-state index is 12.3. The fraction of sp³-hybridized carbons (Fsp3) is 0.636. The van der Waals surface area contributed by atoms with Crippen LogP contribution in [0.15, 0.2) is 20.1 Å². The lowest BCUT2D eigenvalue weighted by Gasteiger charge is -2.30. The number of halogens is 2. The Balaban J connectivity index is 2.97. The number of thiophene rings is 1. The lowest BCUT2D eigenvalue weighted by atomic mass is 9.86. The Morgan fingerprint density at radius 2 is 2.11 bits per heavy atom. The highest BCUT2D eigenvalue weighted by molar-refractivity contribution is 9.10. The van der Waals surface area contributed by atoms with Gasteiger partial charge in [0.05, 0.1) is 0 Å². The molecular formula is C11H17BrClNO2S2. The third-order valence-electron chi connectivity index (χ3n) is 2.57. The van der Waals surface area contributed by atoms with Crippen LogP contribution in [0.1, 0.15) is 27.2 Å². The second kappa shape index (κ2) is 6.22. The lowest BCUT2D eigenvalue weighted by molar-refractivity contribution is 0.293. The first-order chi connectivity index (χ1) is 8.18. The molecule has 1 aromatic rings. The third kappa shape index (κ3) is 4.20. The number of hydrogen-bond donors (Lipinski definition) is 1. The molecule has 1 unspecified atom stereocenters. The molecule has 1 rings (SSSR count). The second-order valence-electron chi connectivity index (χ2n) is 5.07. The molecule has 0 amide bonds. The topological polar surface area (TPSA) is 46.2 Å². The van der Waals surface area contributed by atoms with Crippen LogP contribution in [0, 0.1) is 5.41 Å². The molecule has 1 atom stereocenters. The lowest BCUT2D eigenvalue weighted by Crippen LogP contribution is -2.43. The van der Waals surface area contributed by atoms with Crippen LogP contribution in [0.4, 0.5) is 0 Å². The van der Waals surface area contributed by atoms with E-state index in [1.165, 1.54) is 11.3 Å². The highest BCUT2D eigenvalue weighted by Gasteiger charge is 2.30. The van der Waals surface area contributed by atoms with Crippen molar-refractivity contribution in [1.29, 1.82) is 0 Å². The number of hydrogen-bond acceptors (Lipinski definition) is 3. The fourth-order valence-electron chi connectivity index (χ4n) is 1.49. The largest absolute Gasteiger partial charge is 0.251 e. The van der Waals surface area contributed by atoms with Gasteiger partial charge in [0.1, 0.15) is 4.21 Å². The van der Waals surface area contributed by atoms with Crippen LogP contribution in [0.3, 0.4) is 0 Å². The van der Waals surface area contributed by atoms with Crippen molar-refractivity contribution in [2.45, 2.75) is 37.4 Å². The zero-order valence-corrected chi connectivity index (χ0v) is 14.5. The van der Waals surface area contributed by atoms with Gasteiger partial charge in [-0.15, -0.1) is 22.9 Å². The predicted molar refractivity (Wildman–Crippen MR) is 80.9 cm³/mol. The molecule has 1 heterocycles. The molecule has 0 aliphatic carbocycles. The van der Waals surface area contributed by atoms with E-state index in [-0.39, 0.29) is 11.5 Å². The van der Waals surface area contributed by atoms with Crippen molar-refractivity contribution in [3.63, 3.8) is 0 Å². The Kier molecular flexibility index (Phi) is 5.68. The van der Waals surface area contributed by atoms with E-state index >= 15 is 0 Å². The fourth-order valence-corrected chi connectivity index (χ4v) is 5.54. The average Bonchev–Trinajstić information content (AvgIpc) is 2.63. The van der Waals surface area contributed by atoms with Crippen LogP contribution < -0.4 is 4.72 Å². The summed E-state index contributed by atoms with van der Waals surface area (Å²) >= 11 is 10.2. The van der Waals surface area contributed by atoms with Gasteiger partial charge in [0.25, 0.3) is 10.0 Å². The number of nitrogens with one attached hydrogen (secondary N) is 1. The van der Waals surface area contributed by atoms with Crippen molar-refractivity contribution in [3.05, 3.63) is 15.9 Å². The molecule has 1 N–H and O–H groups in total. The predicted octanol–water partition coefficient (Wildman–Crippen LogP) is 3.83. The van der Waals surface area contributed by atoms with Crippen LogP contribution in [0.2, 0.25) is 0 Å². The van der Waals surface area contributed by atoms with Gasteiger partial charge in [0.2, 0.25) is 0 Å². The smallest absolute Gasteiger partial charge is 0.207 e. The van der Waals surface area contributed by atoms with Gasteiger partial charge in [-0.2, -0.15) is 0 Å². The molecule has 0 saturated heterocycles. The second-order valence-corrected chi connectivity index (χ2v) is 9.13. The van der Waals surface area contributed by atoms with Gasteiger partial charge in [-0.05, 0) is 39.2 Å². The summed E-state index contributed by atoms with van der Waals surface area (Å²) in [6, 6.07) is 1.54. The summed E-state index contributed by atoms with van der Waals surface area (Å²) < 4.78 is 28.2. The number of sulfonamides is 1. The van der Waals surface area contributed by atoms with Crippen LogP contribution in [0.5, 0.6) is 0 Å². The first kappa shape index (κ1) is 16.4. The molecule has 0 aliphatic heterocycles. The molecule has 0 bridgehead atoms. The normalized spacial score (nSPS) is 14.7. The Bertz CT molecular complexity index is 493. The highest BCUT2D eigenvalue weighted by atomic mass is 79.9. The summed E-state index contributed by atoms with van der Waals surface area (Å²) in [5.41, 5.74) is -0.175. The van der Waals surface area contributed by atoms with E-state index in [0.717, 1.165) is 0 Å². The summed E-state index contributed by atoms with van der Waals surface area (Å²) in [6.45, 7) is 5.99. The Hall–Kier alpha value is 0.380. The van der Waals surface area contributed by atoms with Crippen molar-refractivity contribution < 1.29 is 8.42 Å². The van der Waals surface area contributed by atoms with E-state index in [9.17, 15) is 8.42 Å². The van der Waals surface area contributed by atoms with Crippen LogP contribution in [-0.4, -0.2) is 20.3 Å². The van der Waals surface area contributed by atoms with Gasteiger partial charge >= 0.3 is 0 Å². The quantitative estimate of drug-likeness (QED) is 0.796. The van der Waals surface area contributed by atoms with Crippen molar-refractivity contribution in [1.82, 2.24) is 4.72 Å². The van der Waals surface area contributed by atoms with Crippen molar-refractivity contribution >= 4 is 48.9 Å². The highest BCUT2D eigenvalue weighted by Crippen LogP contribution is 2.30. The van der Waals surface area contributed by atoms with E-state index in [1.54, 1.807) is 11.4 Å². The molecule has 104 valence electrons. The molecular weight excluding hydrogens is 358 g/mol.